The molecule has 0 bridgehead atoms. The molecule has 5 rings (SSSR count). The maximum atomic E-state index is 13.7. The lowest BCUT2D eigenvalue weighted by atomic mass is 9.96. The summed E-state index contributed by atoms with van der Waals surface area (Å²) in [5.41, 5.74) is 1.84. The molecule has 7 heteroatoms. The molecule has 0 saturated heterocycles. The summed E-state index contributed by atoms with van der Waals surface area (Å²) < 4.78 is 29.1. The molecule has 5 atom stereocenters. The van der Waals surface area contributed by atoms with Crippen LogP contribution >= 0.6 is 11.6 Å². The Morgan fingerprint density at radius 3 is 2.52 bits per heavy atom. The van der Waals surface area contributed by atoms with Crippen molar-refractivity contribution in [2.24, 2.45) is 23.7 Å². The highest BCUT2D eigenvalue weighted by Crippen LogP contribution is 2.64. The fraction of sp³-hybridized carbons (Fsp3) is 0.364. The molecule has 0 radical (unpaired) electrons. The highest BCUT2D eigenvalue weighted by Gasteiger charge is 2.59. The van der Waals surface area contributed by atoms with Crippen molar-refractivity contribution >= 4 is 34.2 Å². The van der Waals surface area contributed by atoms with E-state index in [-0.39, 0.29) is 17.9 Å². The fourth-order valence-corrected chi connectivity index (χ4v) is 5.24. The normalized spacial score (nSPS) is 26.3. The van der Waals surface area contributed by atoms with Crippen molar-refractivity contribution in [2.75, 3.05) is 5.32 Å². The molecule has 4 nitrogen and oxygen atoms in total. The van der Waals surface area contributed by atoms with Gasteiger partial charge in [-0.3, -0.25) is 4.79 Å². The highest BCUT2D eigenvalue weighted by molar-refractivity contribution is 6.30. The van der Waals surface area contributed by atoms with E-state index in [1.54, 1.807) is 30.6 Å². The SMILES string of the molecule is C[C@@H](C(=O)Nc1ccc(Cl)cc1)C1[C@H]2CC(n3cnc4cc(F)c(F)cc43)C[C@@H]12. The third kappa shape index (κ3) is 3.19. The average molecular weight is 416 g/mol. The van der Waals surface area contributed by atoms with Crippen LogP contribution in [0.1, 0.15) is 25.8 Å². The van der Waals surface area contributed by atoms with Crippen molar-refractivity contribution < 1.29 is 13.6 Å². The predicted octanol–water partition coefficient (Wildman–Crippen LogP) is 5.44. The van der Waals surface area contributed by atoms with Gasteiger partial charge < -0.3 is 9.88 Å². The molecule has 2 unspecified atom stereocenters. The minimum absolute atomic E-state index is 0.0221. The number of benzene rings is 2. The first-order chi connectivity index (χ1) is 13.9. The summed E-state index contributed by atoms with van der Waals surface area (Å²) >= 11 is 5.89. The van der Waals surface area contributed by atoms with Crippen LogP contribution in [0.2, 0.25) is 5.02 Å². The van der Waals surface area contributed by atoms with Gasteiger partial charge >= 0.3 is 0 Å². The Kier molecular flexibility index (Phi) is 4.35. The molecule has 150 valence electrons. The zero-order valence-electron chi connectivity index (χ0n) is 15.8. The standard InChI is InChI=1S/C22H20ClF2N3O/c1-11(22(29)27-13-4-2-12(23)3-5-13)21-15-6-14(7-16(15)21)28-10-26-19-8-17(24)18(25)9-20(19)28/h2-5,8-11,14-16,21H,6-7H2,1H3,(H,27,29)/t11-,14?,15-,16+,21?/m1/s1. The van der Waals surface area contributed by atoms with Crippen LogP contribution in [0.5, 0.6) is 0 Å². The van der Waals surface area contributed by atoms with E-state index in [2.05, 4.69) is 10.3 Å². The molecule has 1 amide bonds. The van der Waals surface area contributed by atoms with Crippen LogP contribution < -0.4 is 5.32 Å². The van der Waals surface area contributed by atoms with Crippen molar-refractivity contribution in [3.05, 3.63) is 59.4 Å². The van der Waals surface area contributed by atoms with Gasteiger partial charge in [0.05, 0.1) is 17.4 Å². The van der Waals surface area contributed by atoms with Gasteiger partial charge in [-0.2, -0.15) is 0 Å². The number of hydrogen-bond donors (Lipinski definition) is 1. The summed E-state index contributed by atoms with van der Waals surface area (Å²) in [6.07, 6.45) is 3.53. The zero-order valence-corrected chi connectivity index (χ0v) is 16.5. The summed E-state index contributed by atoms with van der Waals surface area (Å²) in [5.74, 6) is -0.461. The third-order valence-corrected chi connectivity index (χ3v) is 6.85. The molecular formula is C22H20ClF2N3O. The third-order valence-electron chi connectivity index (χ3n) is 6.60. The summed E-state index contributed by atoms with van der Waals surface area (Å²) in [5, 5.41) is 3.60. The second kappa shape index (κ2) is 6.80. The molecule has 2 fully saturated rings. The summed E-state index contributed by atoms with van der Waals surface area (Å²) in [4.78, 5) is 16.9. The lowest BCUT2D eigenvalue weighted by molar-refractivity contribution is -0.120. The van der Waals surface area contributed by atoms with Crippen LogP contribution in [0.4, 0.5) is 14.5 Å². The molecule has 2 aliphatic carbocycles. The van der Waals surface area contributed by atoms with Crippen molar-refractivity contribution in [3.8, 4) is 0 Å². The number of fused-ring (bicyclic) bond motifs is 2. The highest BCUT2D eigenvalue weighted by atomic mass is 35.5. The lowest BCUT2D eigenvalue weighted by Gasteiger charge is -2.20. The van der Waals surface area contributed by atoms with Gasteiger partial charge in [0, 0.05) is 34.8 Å². The number of nitrogens with one attached hydrogen (secondary N) is 1. The Labute approximate surface area is 171 Å². The number of rotatable bonds is 4. The largest absolute Gasteiger partial charge is 0.327 e. The first-order valence-corrected chi connectivity index (χ1v) is 10.2. The summed E-state index contributed by atoms with van der Waals surface area (Å²) in [6, 6.07) is 9.67. The van der Waals surface area contributed by atoms with Gasteiger partial charge in [-0.05, 0) is 54.9 Å². The topological polar surface area (TPSA) is 46.9 Å². The van der Waals surface area contributed by atoms with E-state index < -0.39 is 11.6 Å². The quantitative estimate of drug-likeness (QED) is 0.616. The minimum atomic E-state index is -0.877. The molecule has 0 aliphatic heterocycles. The number of hydrogen-bond acceptors (Lipinski definition) is 2. The molecule has 1 N–H and O–H groups in total. The molecule has 2 aromatic carbocycles. The number of aromatic nitrogens is 2. The number of amides is 1. The van der Waals surface area contributed by atoms with Gasteiger partial charge in [-0.1, -0.05) is 18.5 Å². The number of nitrogens with zero attached hydrogens (tertiary/aromatic N) is 2. The molecule has 2 saturated carbocycles. The minimum Gasteiger partial charge on any atom is -0.327 e. The van der Waals surface area contributed by atoms with Gasteiger partial charge in [0.25, 0.3) is 0 Å². The average Bonchev–Trinajstić information content (AvgIpc) is 3.02. The van der Waals surface area contributed by atoms with Gasteiger partial charge in [0.1, 0.15) is 0 Å². The van der Waals surface area contributed by atoms with Crippen LogP contribution in [-0.4, -0.2) is 15.5 Å². The van der Waals surface area contributed by atoms with Crippen LogP contribution in [-0.2, 0) is 4.79 Å². The number of carbonyl (C=O) groups is 1. The first kappa shape index (κ1) is 18.6. The molecular weight excluding hydrogens is 396 g/mol. The van der Waals surface area contributed by atoms with Crippen LogP contribution in [0.25, 0.3) is 11.0 Å². The maximum Gasteiger partial charge on any atom is 0.227 e. The fourth-order valence-electron chi connectivity index (χ4n) is 5.11. The zero-order chi connectivity index (χ0) is 20.3. The molecule has 1 aromatic heterocycles. The van der Waals surface area contributed by atoms with E-state index in [9.17, 15) is 13.6 Å². The molecule has 1 heterocycles. The van der Waals surface area contributed by atoms with E-state index in [1.807, 2.05) is 11.5 Å². The van der Waals surface area contributed by atoms with Crippen LogP contribution in [0, 0.1) is 35.3 Å². The van der Waals surface area contributed by atoms with Crippen molar-refractivity contribution in [2.45, 2.75) is 25.8 Å². The number of imidazole rings is 1. The van der Waals surface area contributed by atoms with Crippen molar-refractivity contribution in [1.82, 2.24) is 9.55 Å². The molecule has 0 spiro atoms. The first-order valence-electron chi connectivity index (χ1n) is 9.80. The van der Waals surface area contributed by atoms with Crippen LogP contribution in [0.3, 0.4) is 0 Å². The van der Waals surface area contributed by atoms with E-state index in [4.69, 9.17) is 11.6 Å². The Hall–Kier alpha value is -2.47. The van der Waals surface area contributed by atoms with E-state index in [0.717, 1.165) is 24.6 Å². The Balaban J connectivity index is 1.25. The Morgan fingerprint density at radius 1 is 1.17 bits per heavy atom. The summed E-state index contributed by atoms with van der Waals surface area (Å²) in [6.45, 7) is 1.98. The van der Waals surface area contributed by atoms with Gasteiger partial charge in [-0.15, -0.1) is 0 Å². The number of carbonyl (C=O) groups excluding carboxylic acids is 1. The molecule has 3 aromatic rings. The lowest BCUT2D eigenvalue weighted by Crippen LogP contribution is -2.24. The van der Waals surface area contributed by atoms with Gasteiger partial charge in [-0.25, -0.2) is 13.8 Å². The van der Waals surface area contributed by atoms with Gasteiger partial charge in [0.15, 0.2) is 11.6 Å². The Bertz CT molecular complexity index is 1090. The molecule has 2 aliphatic rings. The monoisotopic (exact) mass is 415 g/mol. The maximum absolute atomic E-state index is 13.7. The smallest absolute Gasteiger partial charge is 0.227 e. The van der Waals surface area contributed by atoms with Gasteiger partial charge in [0.2, 0.25) is 5.91 Å². The second-order valence-corrected chi connectivity index (χ2v) is 8.66. The predicted molar refractivity (Wildman–Crippen MR) is 108 cm³/mol. The number of halogens is 3. The second-order valence-electron chi connectivity index (χ2n) is 8.22. The number of anilines is 1. The molecule has 29 heavy (non-hydrogen) atoms. The van der Waals surface area contributed by atoms with E-state index in [1.165, 1.54) is 6.07 Å². The van der Waals surface area contributed by atoms with E-state index >= 15 is 0 Å². The van der Waals surface area contributed by atoms with Crippen LogP contribution in [0.15, 0.2) is 42.7 Å². The van der Waals surface area contributed by atoms with Crippen molar-refractivity contribution in [1.29, 1.82) is 0 Å². The summed E-state index contributed by atoms with van der Waals surface area (Å²) in [7, 11) is 0. The van der Waals surface area contributed by atoms with E-state index in [0.29, 0.717) is 33.8 Å². The van der Waals surface area contributed by atoms with Crippen molar-refractivity contribution in [3.63, 3.8) is 0 Å². The Morgan fingerprint density at radius 2 is 1.83 bits per heavy atom.